The lowest BCUT2D eigenvalue weighted by Gasteiger charge is -2.13. The average Bonchev–Trinajstić information content (AvgIpc) is 0.829. The highest BCUT2D eigenvalue weighted by Crippen LogP contribution is 2.21. The fourth-order valence-electron chi connectivity index (χ4n) is 3.44. The van der Waals surface area contributed by atoms with E-state index in [4.69, 9.17) is 22.4 Å². The van der Waals surface area contributed by atoms with Gasteiger partial charge in [-0.25, -0.2) is 0 Å². The molecule has 2 rings (SSSR count). The molecule has 0 spiro atoms. The van der Waals surface area contributed by atoms with Crippen LogP contribution in [-0.4, -0.2) is 12.2 Å². The molecule has 0 aromatic heterocycles. The Labute approximate surface area is 790 Å². The largest absolute Gasteiger partial charge is 0.321 e. The maximum atomic E-state index is 12.5. The highest BCUT2D eigenvalue weighted by atomic mass is 33.5. The first kappa shape index (κ1) is 111. The van der Waals surface area contributed by atoms with Crippen molar-refractivity contribution >= 4 is 706 Å². The minimum atomic E-state index is -0.183. The Balaban J connectivity index is 0.00000191. The van der Waals surface area contributed by atoms with E-state index in [1.807, 2.05) is 588 Å². The van der Waals surface area contributed by atoms with Crippen molar-refractivity contribution in [2.75, 3.05) is 5.32 Å². The fraction of sp³-hybridized carbons (Fsp3) is 0.222. The van der Waals surface area contributed by atoms with E-state index in [-0.39, 0.29) is 5.91 Å². The molecular weight excluding hydrogens is 2730 g/mol. The second kappa shape index (κ2) is 93.8. The first-order chi connectivity index (χ1) is 48.3. The normalized spacial score (nSPS) is 8.37. The van der Waals surface area contributed by atoms with Gasteiger partial charge in [-0.1, -0.05) is 29.3 Å². The number of hydrogen-bond donors (Lipinski definition) is 1. The van der Waals surface area contributed by atoms with E-state index in [1.165, 1.54) is 17.8 Å². The first-order valence-electron chi connectivity index (χ1n) is 19.5. The molecule has 0 fully saturated rings. The SMILES string of the molecule is Cc1cc(C)c(C(=O)Nc2ccc(C)cc2C=O)c(C)c1.S=S=S=S=S=S=S=S=S=S=S=S=S=S=S=S=S=S=S=S=S=S=S=S=S=S=S=S=S=S=S=S=S=S=S=S=S=S=S=S=S=S=S=S=S=S=S=S=S=S=S=S=S=S=S=S=S=S=S=S=S=S=S=S=S=S=S=S=S=S=S=S=S=S=S=S=S. The molecule has 0 bridgehead atoms. The lowest BCUT2D eigenvalue weighted by Crippen LogP contribution is -2.16. The van der Waals surface area contributed by atoms with E-state index < -0.39 is 0 Å². The van der Waals surface area contributed by atoms with E-state index in [0.717, 1.165) is 28.5 Å². The molecule has 0 saturated heterocycles. The molecule has 80 heteroatoms. The third-order valence-corrected chi connectivity index (χ3v) is 170. The number of rotatable bonds is 3. The van der Waals surface area contributed by atoms with Crippen molar-refractivity contribution in [3.63, 3.8) is 0 Å². The Morgan fingerprint density at radius 1 is 0.255 bits per heavy atom. The molecular formula is C18H19NO2S77. The van der Waals surface area contributed by atoms with Crippen molar-refractivity contribution in [2.45, 2.75) is 27.7 Å². The molecule has 0 atom stereocenters. The number of carbonyl (C=O) groups is 2. The lowest BCUT2D eigenvalue weighted by molar-refractivity contribution is 0.102. The third kappa shape index (κ3) is 81.5. The molecule has 0 aliphatic heterocycles. The van der Waals surface area contributed by atoms with Gasteiger partial charge in [0.2, 0.25) is 0 Å². The van der Waals surface area contributed by atoms with E-state index in [1.54, 1.807) is 119 Å². The van der Waals surface area contributed by atoms with Crippen LogP contribution in [0.2, 0.25) is 0 Å². The quantitative estimate of drug-likeness (QED) is 0.476. The van der Waals surface area contributed by atoms with Gasteiger partial charge in [-0.2, -0.15) is 0 Å². The maximum Gasteiger partial charge on any atom is 0.256 e. The predicted octanol–water partition coefficient (Wildman–Crippen LogP) is 3.80. The van der Waals surface area contributed by atoms with Crippen LogP contribution in [-0.2, 0) is 688 Å². The van der Waals surface area contributed by atoms with Gasteiger partial charge >= 0.3 is 0 Å². The summed E-state index contributed by atoms with van der Waals surface area (Å²) in [5.74, 6) is -0.183. The van der Waals surface area contributed by atoms with Gasteiger partial charge in [0.15, 0.2) is 6.29 Å². The predicted molar refractivity (Wildman–Crippen MR) is 652 cm³/mol. The first-order valence-corrected chi connectivity index (χ1v) is 121. The van der Waals surface area contributed by atoms with Gasteiger partial charge in [0.05, 0.1) is 5.69 Å². The van der Waals surface area contributed by atoms with Crippen molar-refractivity contribution in [3.8, 4) is 0 Å². The number of carbonyl (C=O) groups excluding carboxylic acids is 2. The van der Waals surface area contributed by atoms with Crippen LogP contribution < -0.4 is 5.32 Å². The van der Waals surface area contributed by atoms with E-state index >= 15 is 0 Å². The van der Waals surface area contributed by atoms with Crippen LogP contribution >= 0.6 is 0 Å². The summed E-state index contributed by atoms with van der Waals surface area (Å²) in [4.78, 5) is 23.6. The topological polar surface area (TPSA) is 46.2 Å². The molecule has 0 saturated carbocycles. The molecule has 0 heterocycles. The van der Waals surface area contributed by atoms with Crippen LogP contribution in [0.1, 0.15) is 43.0 Å². The molecule has 98 heavy (non-hydrogen) atoms. The molecule has 3 nitrogen and oxygen atoms in total. The summed E-state index contributed by atoms with van der Waals surface area (Å²) in [6, 6.07) is 9.36. The van der Waals surface area contributed by atoms with Crippen LogP contribution in [0.4, 0.5) is 5.69 Å². The van der Waals surface area contributed by atoms with Crippen molar-refractivity contribution in [1.29, 1.82) is 0 Å². The number of benzene rings is 2. The fourth-order valence-corrected chi connectivity index (χ4v) is 204. The van der Waals surface area contributed by atoms with Gasteiger partial charge in [0.1, 0.15) is 0 Å². The minimum Gasteiger partial charge on any atom is -0.321 e. The van der Waals surface area contributed by atoms with Gasteiger partial charge in [0.25, 0.3) is 5.91 Å². The molecule has 0 aliphatic carbocycles. The Hall–Kier alpha value is 14.5. The summed E-state index contributed by atoms with van der Waals surface area (Å²) >= 11 is 9.65. The van der Waals surface area contributed by atoms with E-state index in [9.17, 15) is 9.59 Å². The zero-order valence-corrected chi connectivity index (χ0v) is 107. The monoisotopic (exact) mass is 2740 g/mol. The van der Waals surface area contributed by atoms with Crippen molar-refractivity contribution in [2.24, 2.45) is 0 Å². The number of nitrogens with one attached hydrogen (secondary N) is 1. The van der Waals surface area contributed by atoms with Gasteiger partial charge in [-0.15, -0.1) is 0 Å². The Kier molecular flexibility index (Phi) is 106. The molecule has 2 aromatic carbocycles. The summed E-state index contributed by atoms with van der Waals surface area (Å²) in [7, 11) is 135. The van der Waals surface area contributed by atoms with E-state index in [2.05, 4.69) is 5.32 Å². The molecule has 0 aliphatic rings. The molecule has 0 radical (unpaired) electrons. The molecule has 2 aromatic rings. The summed E-state index contributed by atoms with van der Waals surface area (Å²) < 4.78 is 0. The smallest absolute Gasteiger partial charge is 0.256 e. The van der Waals surface area contributed by atoms with E-state index in [0.29, 0.717) is 16.8 Å². The van der Waals surface area contributed by atoms with Gasteiger partial charge in [0, 0.05) is 700 Å². The maximum absolute atomic E-state index is 12.5. The van der Waals surface area contributed by atoms with Crippen LogP contribution in [0.15, 0.2) is 30.3 Å². The Morgan fingerprint density at radius 3 is 0.571 bits per heavy atom. The average molecular weight is 2750 g/mol. The summed E-state index contributed by atoms with van der Waals surface area (Å²) in [5.41, 5.74) is 5.68. The third-order valence-electron chi connectivity index (χ3n) is 5.54. The summed E-state index contributed by atoms with van der Waals surface area (Å²) in [6.45, 7) is 7.76. The lowest BCUT2D eigenvalue weighted by atomic mass is 9.99. The number of hydrogen-bond acceptors (Lipinski definition) is 4. The molecule has 0 unspecified atom stereocenters. The van der Waals surface area contributed by atoms with Gasteiger partial charge in [-0.05, 0) is 51.0 Å². The van der Waals surface area contributed by atoms with Crippen LogP contribution in [0.25, 0.3) is 0 Å². The summed E-state index contributed by atoms with van der Waals surface area (Å²) in [6.07, 6.45) is 0.761. The van der Waals surface area contributed by atoms with Crippen molar-refractivity contribution in [1.82, 2.24) is 0 Å². The zero-order valence-electron chi connectivity index (χ0n) is 44.2. The zero-order chi connectivity index (χ0) is 70.6. The van der Waals surface area contributed by atoms with Gasteiger partial charge < -0.3 is 5.32 Å². The second-order valence-electron chi connectivity index (χ2n) is 10.5. The molecule has 1 N–H and O–H groups in total. The number of aryl methyl sites for hydroxylation is 4. The number of anilines is 1. The standard InChI is InChI=1S/C18H19NO2.S77/c1-11-5-6-16(15(9-11)10-20)19-18(21)17-13(3)7-12(2)8-14(17)4;1-3-5-7-9-11-13-15-17-19-21-23-25-27-29-31-33-35-37-39-41-43-45-47-49-51-53-55-57-59-61-63-65-67-69-71-73-75-77-76-74-72-70-68-66-64-62-60-58-56-54-52-50-48-46-44-42-40-38-36-34-32-30-28-26-24-22-20-18-16-14-12-10-8-6-4-2/h5-10H,1-4H3,(H,19,21);. The van der Waals surface area contributed by atoms with Crippen LogP contribution in [0.5, 0.6) is 0 Å². The summed E-state index contributed by atoms with van der Waals surface area (Å²) in [5, 5.41) is 2.84. The highest BCUT2D eigenvalue weighted by molar-refractivity contribution is 8.85. The molecule has 1 amide bonds. The Bertz CT molecular complexity index is 6750. The van der Waals surface area contributed by atoms with Crippen LogP contribution in [0.3, 0.4) is 0 Å². The molecule has 570 valence electrons. The Morgan fingerprint density at radius 2 is 0.418 bits per heavy atom. The second-order valence-corrected chi connectivity index (χ2v) is 143. The number of aldehydes is 1. The number of amides is 1. The van der Waals surface area contributed by atoms with Crippen LogP contribution in [0, 0.1) is 27.7 Å². The highest BCUT2D eigenvalue weighted by Gasteiger charge is 2.14. The van der Waals surface area contributed by atoms with Gasteiger partial charge in [-0.3, -0.25) is 9.59 Å². The van der Waals surface area contributed by atoms with Crippen molar-refractivity contribution in [3.05, 3.63) is 63.7 Å². The minimum absolute atomic E-state index is 0.183. The van der Waals surface area contributed by atoms with Crippen molar-refractivity contribution < 1.29 is 9.59 Å².